The summed E-state index contributed by atoms with van der Waals surface area (Å²) in [5, 5.41) is 0. The standard InChI is InChI=1S/C19H18O6/c1-22-16-6-3-2-5-14(16)19(21)25-12-15(20)13-7-8-17-18(11-13)24-10-4-9-23-17/h2-3,5-8,11H,4,9-10,12H2,1H3. The van der Waals surface area contributed by atoms with Crippen molar-refractivity contribution in [1.29, 1.82) is 0 Å². The van der Waals surface area contributed by atoms with Crippen LogP contribution in [0.4, 0.5) is 0 Å². The second kappa shape index (κ2) is 7.70. The van der Waals surface area contributed by atoms with Crippen molar-refractivity contribution in [1.82, 2.24) is 0 Å². The third-order valence-electron chi connectivity index (χ3n) is 3.73. The second-order valence-electron chi connectivity index (χ2n) is 5.41. The molecule has 0 radical (unpaired) electrons. The predicted octanol–water partition coefficient (Wildman–Crippen LogP) is 2.90. The number of hydrogen-bond acceptors (Lipinski definition) is 6. The topological polar surface area (TPSA) is 71.1 Å². The van der Waals surface area contributed by atoms with E-state index in [0.29, 0.717) is 36.0 Å². The Morgan fingerprint density at radius 1 is 1.04 bits per heavy atom. The van der Waals surface area contributed by atoms with Crippen LogP contribution >= 0.6 is 0 Å². The van der Waals surface area contributed by atoms with Crippen LogP contribution in [0.25, 0.3) is 0 Å². The maximum absolute atomic E-state index is 12.3. The second-order valence-corrected chi connectivity index (χ2v) is 5.41. The van der Waals surface area contributed by atoms with E-state index in [2.05, 4.69) is 0 Å². The highest BCUT2D eigenvalue weighted by Gasteiger charge is 2.17. The predicted molar refractivity (Wildman–Crippen MR) is 89.7 cm³/mol. The fourth-order valence-corrected chi connectivity index (χ4v) is 2.44. The maximum Gasteiger partial charge on any atom is 0.342 e. The van der Waals surface area contributed by atoms with E-state index in [-0.39, 0.29) is 18.0 Å². The lowest BCUT2D eigenvalue weighted by Gasteiger charge is -2.10. The van der Waals surface area contributed by atoms with Crippen LogP contribution in [-0.4, -0.2) is 38.7 Å². The molecule has 0 spiro atoms. The molecule has 6 heteroatoms. The van der Waals surface area contributed by atoms with Crippen molar-refractivity contribution >= 4 is 11.8 Å². The molecular weight excluding hydrogens is 324 g/mol. The van der Waals surface area contributed by atoms with E-state index < -0.39 is 5.97 Å². The van der Waals surface area contributed by atoms with Gasteiger partial charge < -0.3 is 18.9 Å². The first-order chi connectivity index (χ1) is 12.2. The maximum atomic E-state index is 12.3. The molecule has 0 N–H and O–H groups in total. The van der Waals surface area contributed by atoms with Gasteiger partial charge in [-0.3, -0.25) is 4.79 Å². The highest BCUT2D eigenvalue weighted by atomic mass is 16.5. The molecule has 1 aliphatic heterocycles. The van der Waals surface area contributed by atoms with Gasteiger partial charge in [-0.05, 0) is 30.3 Å². The lowest BCUT2D eigenvalue weighted by molar-refractivity contribution is 0.0471. The lowest BCUT2D eigenvalue weighted by Crippen LogP contribution is -2.15. The molecule has 0 saturated carbocycles. The van der Waals surface area contributed by atoms with Gasteiger partial charge in [-0.15, -0.1) is 0 Å². The van der Waals surface area contributed by atoms with Gasteiger partial charge in [0.15, 0.2) is 23.9 Å². The molecule has 0 unspecified atom stereocenters. The van der Waals surface area contributed by atoms with Gasteiger partial charge in [0, 0.05) is 12.0 Å². The van der Waals surface area contributed by atoms with Crippen molar-refractivity contribution in [3.63, 3.8) is 0 Å². The smallest absolute Gasteiger partial charge is 0.342 e. The highest BCUT2D eigenvalue weighted by Crippen LogP contribution is 2.30. The Bertz CT molecular complexity index is 783. The van der Waals surface area contributed by atoms with Crippen molar-refractivity contribution in [3.05, 3.63) is 53.6 Å². The number of ketones is 1. The molecule has 0 fully saturated rings. The summed E-state index contributed by atoms with van der Waals surface area (Å²) < 4.78 is 21.3. The van der Waals surface area contributed by atoms with E-state index in [0.717, 1.165) is 6.42 Å². The average Bonchev–Trinajstić information content (AvgIpc) is 2.90. The number of rotatable bonds is 5. The molecule has 2 aromatic rings. The van der Waals surface area contributed by atoms with Crippen molar-refractivity contribution in [2.75, 3.05) is 26.9 Å². The van der Waals surface area contributed by atoms with Gasteiger partial charge in [0.1, 0.15) is 11.3 Å². The normalized spacial score (nSPS) is 12.8. The molecule has 0 aliphatic carbocycles. The van der Waals surface area contributed by atoms with Gasteiger partial charge in [-0.1, -0.05) is 12.1 Å². The molecular formula is C19H18O6. The minimum Gasteiger partial charge on any atom is -0.496 e. The highest BCUT2D eigenvalue weighted by molar-refractivity contribution is 6.00. The molecule has 0 saturated heterocycles. The van der Waals surface area contributed by atoms with E-state index in [4.69, 9.17) is 18.9 Å². The zero-order chi connectivity index (χ0) is 17.6. The third-order valence-corrected chi connectivity index (χ3v) is 3.73. The number of benzene rings is 2. The van der Waals surface area contributed by atoms with Gasteiger partial charge in [0.05, 0.1) is 20.3 Å². The molecule has 25 heavy (non-hydrogen) atoms. The van der Waals surface area contributed by atoms with E-state index in [1.807, 2.05) is 0 Å². The Morgan fingerprint density at radius 2 is 1.80 bits per heavy atom. The van der Waals surface area contributed by atoms with Gasteiger partial charge >= 0.3 is 5.97 Å². The Labute approximate surface area is 145 Å². The van der Waals surface area contributed by atoms with Crippen molar-refractivity contribution in [2.24, 2.45) is 0 Å². The summed E-state index contributed by atoms with van der Waals surface area (Å²) in [4.78, 5) is 24.4. The summed E-state index contributed by atoms with van der Waals surface area (Å²) in [6, 6.07) is 11.6. The van der Waals surface area contributed by atoms with E-state index in [9.17, 15) is 9.59 Å². The number of esters is 1. The van der Waals surface area contributed by atoms with E-state index in [1.54, 1.807) is 42.5 Å². The molecule has 0 atom stereocenters. The first kappa shape index (κ1) is 16.8. The average molecular weight is 342 g/mol. The molecule has 1 aliphatic rings. The Kier molecular flexibility index (Phi) is 5.18. The molecule has 3 rings (SSSR count). The molecule has 6 nitrogen and oxygen atoms in total. The monoisotopic (exact) mass is 342 g/mol. The number of carbonyl (C=O) groups excluding carboxylic acids is 2. The molecule has 0 aromatic heterocycles. The number of Topliss-reactive ketones (excluding diaryl/α,β-unsaturated/α-hetero) is 1. The Hall–Kier alpha value is -3.02. The van der Waals surface area contributed by atoms with Gasteiger partial charge in [-0.25, -0.2) is 4.79 Å². The van der Waals surface area contributed by atoms with E-state index >= 15 is 0 Å². The fraction of sp³-hybridized carbons (Fsp3) is 0.263. The molecule has 1 heterocycles. The van der Waals surface area contributed by atoms with Crippen LogP contribution in [0.2, 0.25) is 0 Å². The van der Waals surface area contributed by atoms with Crippen LogP contribution in [-0.2, 0) is 4.74 Å². The summed E-state index contributed by atoms with van der Waals surface area (Å²) in [5.41, 5.74) is 0.675. The number of para-hydroxylation sites is 1. The summed E-state index contributed by atoms with van der Waals surface area (Å²) >= 11 is 0. The van der Waals surface area contributed by atoms with Crippen LogP contribution in [0.3, 0.4) is 0 Å². The van der Waals surface area contributed by atoms with Crippen molar-refractivity contribution < 1.29 is 28.5 Å². The minimum atomic E-state index is -0.611. The van der Waals surface area contributed by atoms with Crippen LogP contribution in [0.1, 0.15) is 27.1 Å². The van der Waals surface area contributed by atoms with Crippen LogP contribution in [0, 0.1) is 0 Å². The van der Waals surface area contributed by atoms with Crippen LogP contribution in [0.15, 0.2) is 42.5 Å². The van der Waals surface area contributed by atoms with Gasteiger partial charge in [0.25, 0.3) is 0 Å². The minimum absolute atomic E-state index is 0.275. The van der Waals surface area contributed by atoms with Crippen molar-refractivity contribution in [2.45, 2.75) is 6.42 Å². The van der Waals surface area contributed by atoms with Crippen LogP contribution < -0.4 is 14.2 Å². The zero-order valence-electron chi connectivity index (χ0n) is 13.8. The lowest BCUT2D eigenvalue weighted by atomic mass is 10.1. The Balaban J connectivity index is 1.66. The third kappa shape index (κ3) is 3.91. The SMILES string of the molecule is COc1ccccc1C(=O)OCC(=O)c1ccc2c(c1)OCCCO2. The number of methoxy groups -OCH3 is 1. The summed E-state index contributed by atoms with van der Waals surface area (Å²) in [6.07, 6.45) is 0.786. The quantitative estimate of drug-likeness (QED) is 0.615. The van der Waals surface area contributed by atoms with Gasteiger partial charge in [0.2, 0.25) is 0 Å². The van der Waals surface area contributed by atoms with E-state index in [1.165, 1.54) is 7.11 Å². The number of ether oxygens (including phenoxy) is 4. The first-order valence-electron chi connectivity index (χ1n) is 7.92. The summed E-state index contributed by atoms with van der Waals surface area (Å²) in [7, 11) is 1.47. The fourth-order valence-electron chi connectivity index (χ4n) is 2.44. The molecule has 2 aromatic carbocycles. The summed E-state index contributed by atoms with van der Waals surface area (Å²) in [5.74, 6) is 0.606. The number of hydrogen-bond donors (Lipinski definition) is 0. The Morgan fingerprint density at radius 3 is 2.60 bits per heavy atom. The first-order valence-corrected chi connectivity index (χ1v) is 7.92. The summed E-state index contributed by atoms with van der Waals surface area (Å²) in [6.45, 7) is 0.751. The van der Waals surface area contributed by atoms with Gasteiger partial charge in [-0.2, -0.15) is 0 Å². The van der Waals surface area contributed by atoms with Crippen LogP contribution in [0.5, 0.6) is 17.2 Å². The zero-order valence-corrected chi connectivity index (χ0v) is 13.8. The molecule has 0 amide bonds. The molecule has 130 valence electrons. The largest absolute Gasteiger partial charge is 0.496 e. The molecule has 0 bridgehead atoms. The van der Waals surface area contributed by atoms with Crippen molar-refractivity contribution in [3.8, 4) is 17.2 Å². The number of carbonyl (C=O) groups is 2. The number of fused-ring (bicyclic) bond motifs is 1.